The van der Waals surface area contributed by atoms with E-state index in [1.807, 2.05) is 0 Å². The topological polar surface area (TPSA) is 0 Å². The molecule has 0 N–H and O–H groups in total. The monoisotopic (exact) mass is 444 g/mol. The zero-order chi connectivity index (χ0) is 23.3. The van der Waals surface area contributed by atoms with Crippen LogP contribution < -0.4 is 0 Å². The number of unbranched alkanes of at least 4 members (excludes halogenated alkanes) is 2. The van der Waals surface area contributed by atoms with Crippen molar-refractivity contribution in [3.05, 3.63) is 94.8 Å². The molecule has 0 aromatic heterocycles. The molecule has 0 saturated carbocycles. The summed E-state index contributed by atoms with van der Waals surface area (Å²) < 4.78 is 73.7. The zero-order valence-corrected chi connectivity index (χ0v) is 18.0. The van der Waals surface area contributed by atoms with E-state index in [-0.39, 0.29) is 22.9 Å². The largest absolute Gasteiger partial charge is 0.206 e. The summed E-state index contributed by atoms with van der Waals surface area (Å²) in [6, 6.07) is 9.94. The maximum atomic E-state index is 14.9. The van der Waals surface area contributed by atoms with Gasteiger partial charge in [-0.3, -0.25) is 0 Å². The summed E-state index contributed by atoms with van der Waals surface area (Å²) in [4.78, 5) is 0. The SMILES string of the molecule is C=CCCc1ccc2cc(C(F)=C(F)c3ccc(CCCCC)cc3)c(F)c(F)c2c1F. The molecule has 0 unspecified atom stereocenters. The Kier molecular flexibility index (Phi) is 7.84. The average Bonchev–Trinajstić information content (AvgIpc) is 2.80. The maximum Gasteiger partial charge on any atom is 0.170 e. The summed E-state index contributed by atoms with van der Waals surface area (Å²) in [6.45, 7) is 5.65. The molecule has 0 atom stereocenters. The van der Waals surface area contributed by atoms with Gasteiger partial charge < -0.3 is 0 Å². The minimum absolute atomic E-state index is 0.0482. The summed E-state index contributed by atoms with van der Waals surface area (Å²) in [5, 5.41) is -0.620. The molecule has 0 saturated heterocycles. The quantitative estimate of drug-likeness (QED) is 0.134. The second-order valence-electron chi connectivity index (χ2n) is 7.80. The van der Waals surface area contributed by atoms with E-state index in [1.54, 1.807) is 18.2 Å². The molecule has 0 aliphatic carbocycles. The molecule has 5 heteroatoms. The minimum Gasteiger partial charge on any atom is -0.206 e. The first-order chi connectivity index (χ1) is 15.4. The van der Waals surface area contributed by atoms with E-state index >= 15 is 0 Å². The lowest BCUT2D eigenvalue weighted by Gasteiger charge is -2.11. The first-order valence-corrected chi connectivity index (χ1v) is 10.7. The summed E-state index contributed by atoms with van der Waals surface area (Å²) in [7, 11) is 0. The van der Waals surface area contributed by atoms with Gasteiger partial charge in [0.15, 0.2) is 23.3 Å². The molecule has 32 heavy (non-hydrogen) atoms. The molecule has 0 bridgehead atoms. The van der Waals surface area contributed by atoms with Crippen LogP contribution in [0.4, 0.5) is 22.0 Å². The van der Waals surface area contributed by atoms with E-state index in [9.17, 15) is 22.0 Å². The first kappa shape index (κ1) is 23.7. The van der Waals surface area contributed by atoms with Gasteiger partial charge >= 0.3 is 0 Å². The molecular weight excluding hydrogens is 419 g/mol. The van der Waals surface area contributed by atoms with Crippen molar-refractivity contribution in [2.75, 3.05) is 0 Å². The van der Waals surface area contributed by atoms with Gasteiger partial charge in [0.05, 0.1) is 10.9 Å². The second-order valence-corrected chi connectivity index (χ2v) is 7.80. The molecule has 0 radical (unpaired) electrons. The predicted octanol–water partition coefficient (Wildman–Crippen LogP) is 8.87. The van der Waals surface area contributed by atoms with Crippen molar-refractivity contribution >= 4 is 22.4 Å². The van der Waals surface area contributed by atoms with Crippen LogP contribution in [0.25, 0.3) is 22.4 Å². The molecule has 0 spiro atoms. The second kappa shape index (κ2) is 10.6. The van der Waals surface area contributed by atoms with Crippen LogP contribution in [0.3, 0.4) is 0 Å². The number of rotatable bonds is 9. The highest BCUT2D eigenvalue weighted by Gasteiger charge is 2.23. The molecule has 0 nitrogen and oxygen atoms in total. The van der Waals surface area contributed by atoms with E-state index in [0.29, 0.717) is 6.42 Å². The number of halogens is 5. The van der Waals surface area contributed by atoms with Crippen LogP contribution in [0.5, 0.6) is 0 Å². The van der Waals surface area contributed by atoms with Crippen molar-refractivity contribution in [1.29, 1.82) is 0 Å². The van der Waals surface area contributed by atoms with Gasteiger partial charge in [-0.1, -0.05) is 62.2 Å². The van der Waals surface area contributed by atoms with Crippen molar-refractivity contribution in [2.45, 2.75) is 45.4 Å². The summed E-state index contributed by atoms with van der Waals surface area (Å²) in [5.41, 5.74) is 0.233. The van der Waals surface area contributed by atoms with Crippen LogP contribution in [0.1, 0.15) is 54.9 Å². The predicted molar refractivity (Wildman–Crippen MR) is 121 cm³/mol. The van der Waals surface area contributed by atoms with Crippen molar-refractivity contribution in [3.63, 3.8) is 0 Å². The molecular formula is C27H25F5. The van der Waals surface area contributed by atoms with Crippen molar-refractivity contribution in [1.82, 2.24) is 0 Å². The van der Waals surface area contributed by atoms with E-state index in [1.165, 1.54) is 24.3 Å². The molecule has 3 aromatic carbocycles. The Hall–Kier alpha value is -2.95. The third-order valence-electron chi connectivity index (χ3n) is 5.53. The number of benzene rings is 3. The summed E-state index contributed by atoms with van der Waals surface area (Å²) in [5.74, 6) is -6.90. The third-order valence-corrected chi connectivity index (χ3v) is 5.53. The van der Waals surface area contributed by atoms with Gasteiger partial charge in [-0.15, -0.1) is 6.58 Å². The Bertz CT molecular complexity index is 1140. The van der Waals surface area contributed by atoms with Crippen molar-refractivity contribution < 1.29 is 22.0 Å². The van der Waals surface area contributed by atoms with Crippen LogP contribution in [0, 0.1) is 17.5 Å². The Morgan fingerprint density at radius 3 is 2.22 bits per heavy atom. The molecule has 3 aromatic rings. The first-order valence-electron chi connectivity index (χ1n) is 10.7. The van der Waals surface area contributed by atoms with Gasteiger partial charge in [-0.25, -0.2) is 22.0 Å². The van der Waals surface area contributed by atoms with Gasteiger partial charge in [-0.05, 0) is 48.3 Å². The fraction of sp³-hybridized carbons (Fsp3) is 0.259. The highest BCUT2D eigenvalue weighted by atomic mass is 19.2. The highest BCUT2D eigenvalue weighted by molar-refractivity contribution is 5.91. The summed E-state index contributed by atoms with van der Waals surface area (Å²) in [6.07, 6.45) is 6.30. The van der Waals surface area contributed by atoms with Crippen LogP contribution in [-0.4, -0.2) is 0 Å². The van der Waals surface area contributed by atoms with Crippen LogP contribution in [0.15, 0.2) is 55.1 Å². The molecule has 0 heterocycles. The highest BCUT2D eigenvalue weighted by Crippen LogP contribution is 2.35. The smallest absolute Gasteiger partial charge is 0.170 e. The number of hydrogen-bond acceptors (Lipinski definition) is 0. The Morgan fingerprint density at radius 2 is 1.56 bits per heavy atom. The Labute approximate surface area is 185 Å². The third kappa shape index (κ3) is 4.93. The molecule has 0 aliphatic heterocycles. The molecule has 0 fully saturated rings. The molecule has 3 rings (SSSR count). The van der Waals surface area contributed by atoms with Gasteiger partial charge in [0.25, 0.3) is 0 Å². The number of hydrogen-bond donors (Lipinski definition) is 0. The van der Waals surface area contributed by atoms with E-state index in [4.69, 9.17) is 0 Å². The standard InChI is InChI=1S/C27H25F5/c1-3-5-7-8-17-10-12-19(13-11-17)24(29)25(30)21-16-20-15-14-18(9-6-4-2)23(28)22(20)27(32)26(21)31/h4,10-16H,2-3,5-9H2,1H3. The summed E-state index contributed by atoms with van der Waals surface area (Å²) >= 11 is 0. The lowest BCUT2D eigenvalue weighted by molar-refractivity contribution is 0.505. The van der Waals surface area contributed by atoms with Gasteiger partial charge in [0.2, 0.25) is 0 Å². The normalized spacial score (nSPS) is 12.2. The van der Waals surface area contributed by atoms with Crippen LogP contribution in [-0.2, 0) is 12.8 Å². The van der Waals surface area contributed by atoms with Gasteiger partial charge in [-0.2, -0.15) is 0 Å². The Morgan fingerprint density at radius 1 is 0.844 bits per heavy atom. The molecule has 0 aliphatic rings. The fourth-order valence-electron chi connectivity index (χ4n) is 3.68. The van der Waals surface area contributed by atoms with E-state index < -0.39 is 40.1 Å². The van der Waals surface area contributed by atoms with Crippen molar-refractivity contribution in [3.8, 4) is 0 Å². The molecule has 168 valence electrons. The zero-order valence-electron chi connectivity index (χ0n) is 18.0. The fourth-order valence-corrected chi connectivity index (χ4v) is 3.68. The lowest BCUT2D eigenvalue weighted by Crippen LogP contribution is -2.00. The van der Waals surface area contributed by atoms with Crippen molar-refractivity contribution in [2.24, 2.45) is 0 Å². The minimum atomic E-state index is -1.62. The Balaban J connectivity index is 1.99. The lowest BCUT2D eigenvalue weighted by atomic mass is 9.98. The van der Waals surface area contributed by atoms with E-state index in [0.717, 1.165) is 37.3 Å². The maximum absolute atomic E-state index is 14.9. The van der Waals surface area contributed by atoms with Crippen LogP contribution in [0.2, 0.25) is 0 Å². The number of allylic oxidation sites excluding steroid dienone is 1. The number of fused-ring (bicyclic) bond motifs is 1. The van der Waals surface area contributed by atoms with Crippen LogP contribution >= 0.6 is 0 Å². The van der Waals surface area contributed by atoms with Gasteiger partial charge in [0, 0.05) is 5.56 Å². The van der Waals surface area contributed by atoms with E-state index in [2.05, 4.69) is 13.5 Å². The molecule has 0 amide bonds. The van der Waals surface area contributed by atoms with Gasteiger partial charge in [0.1, 0.15) is 5.82 Å². The average molecular weight is 444 g/mol. The number of aryl methyl sites for hydroxylation is 2.